The minimum absolute atomic E-state index is 0.745. The monoisotopic (exact) mass is 424 g/mol. The second-order valence-electron chi connectivity index (χ2n) is 9.42. The largest absolute Gasteiger partial charge is 0.0979 e. The van der Waals surface area contributed by atoms with Crippen molar-refractivity contribution in [3.05, 3.63) is 70.8 Å². The maximum Gasteiger partial charge on any atom is 0.0249 e. The molecular weight excluding hydrogens is 384 g/mol. The highest BCUT2D eigenvalue weighted by Crippen LogP contribution is 2.37. The molecule has 0 atom stereocenters. The van der Waals surface area contributed by atoms with Crippen LogP contribution < -0.4 is 0 Å². The molecule has 0 aliphatic heterocycles. The number of benzene rings is 2. The van der Waals surface area contributed by atoms with Crippen LogP contribution in [0.15, 0.2) is 48.5 Å². The van der Waals surface area contributed by atoms with Gasteiger partial charge in [0.05, 0.1) is 0 Å². The van der Waals surface area contributed by atoms with Crippen molar-refractivity contribution in [1.29, 1.82) is 0 Å². The lowest BCUT2D eigenvalue weighted by atomic mass is 9.77. The van der Waals surface area contributed by atoms with E-state index in [9.17, 15) is 0 Å². The van der Waals surface area contributed by atoms with E-state index in [0.29, 0.717) is 0 Å². The number of hydrogen-bond donors (Lipinski definition) is 0. The van der Waals surface area contributed by atoms with Gasteiger partial charge in [0.2, 0.25) is 0 Å². The van der Waals surface area contributed by atoms with E-state index in [-0.39, 0.29) is 0 Å². The van der Waals surface area contributed by atoms with Gasteiger partial charge in [-0.15, -0.1) is 0 Å². The van der Waals surface area contributed by atoms with E-state index >= 15 is 0 Å². The van der Waals surface area contributed by atoms with Gasteiger partial charge >= 0.3 is 0 Å². The molecule has 0 nitrogen and oxygen atoms in total. The highest BCUT2D eigenvalue weighted by Gasteiger charge is 2.21. The lowest BCUT2D eigenvalue weighted by Crippen LogP contribution is -2.13. The van der Waals surface area contributed by atoms with Gasteiger partial charge in [-0.3, -0.25) is 0 Å². The molecule has 2 aromatic rings. The zero-order valence-corrected chi connectivity index (χ0v) is 20.3. The third-order valence-corrected chi connectivity index (χ3v) is 6.80. The Morgan fingerprint density at radius 3 is 1.78 bits per heavy atom. The van der Waals surface area contributed by atoms with E-state index in [0.717, 1.165) is 34.9 Å². The molecule has 1 aliphatic carbocycles. The summed E-state index contributed by atoms with van der Waals surface area (Å²) >= 11 is 0. The Morgan fingerprint density at radius 1 is 0.625 bits per heavy atom. The van der Waals surface area contributed by atoms with Crippen LogP contribution in [0.2, 0.25) is 0 Å². The number of rotatable bonds is 8. The molecule has 0 aromatic heterocycles. The van der Waals surface area contributed by atoms with Crippen LogP contribution in [0.25, 0.3) is 0 Å². The smallest absolute Gasteiger partial charge is 0.0249 e. The SMILES string of the molecule is CCCCCCCC#Cc1ccc(C#Cc2ccc(C3CCC(CCC)CC3)cc2)cc1. The molecule has 2 aromatic carbocycles. The summed E-state index contributed by atoms with van der Waals surface area (Å²) in [6.45, 7) is 4.56. The minimum Gasteiger partial charge on any atom is -0.0979 e. The summed E-state index contributed by atoms with van der Waals surface area (Å²) in [6.07, 6.45) is 15.8. The minimum atomic E-state index is 0.745. The van der Waals surface area contributed by atoms with Crippen LogP contribution >= 0.6 is 0 Å². The predicted octanol–water partition coefficient (Wildman–Crippen LogP) is 8.87. The summed E-state index contributed by atoms with van der Waals surface area (Å²) < 4.78 is 0. The van der Waals surface area contributed by atoms with Gasteiger partial charge in [0.25, 0.3) is 0 Å². The van der Waals surface area contributed by atoms with Crippen LogP contribution in [0.5, 0.6) is 0 Å². The summed E-state index contributed by atoms with van der Waals surface area (Å²) in [5.74, 6) is 14.9. The fourth-order valence-corrected chi connectivity index (χ4v) is 4.79. The lowest BCUT2D eigenvalue weighted by molar-refractivity contribution is 0.308. The van der Waals surface area contributed by atoms with E-state index in [2.05, 4.69) is 86.1 Å². The van der Waals surface area contributed by atoms with Gasteiger partial charge in [0, 0.05) is 23.1 Å². The molecule has 168 valence electrons. The van der Waals surface area contributed by atoms with E-state index in [1.807, 2.05) is 0 Å². The Bertz CT molecular complexity index is 900. The molecule has 3 rings (SSSR count). The summed E-state index contributed by atoms with van der Waals surface area (Å²) in [5.41, 5.74) is 4.73. The Hall–Kier alpha value is -2.44. The van der Waals surface area contributed by atoms with Crippen LogP contribution in [0.3, 0.4) is 0 Å². The Morgan fingerprint density at radius 2 is 1.19 bits per heavy atom. The highest BCUT2D eigenvalue weighted by atomic mass is 14.3. The summed E-state index contributed by atoms with van der Waals surface area (Å²) in [6, 6.07) is 17.3. The van der Waals surface area contributed by atoms with Crippen LogP contribution in [0, 0.1) is 29.6 Å². The molecule has 0 unspecified atom stereocenters. The van der Waals surface area contributed by atoms with Crippen molar-refractivity contribution in [2.24, 2.45) is 5.92 Å². The van der Waals surface area contributed by atoms with Crippen molar-refractivity contribution in [3.8, 4) is 23.7 Å². The van der Waals surface area contributed by atoms with Crippen LogP contribution in [-0.4, -0.2) is 0 Å². The van der Waals surface area contributed by atoms with Crippen LogP contribution in [-0.2, 0) is 0 Å². The lowest BCUT2D eigenvalue weighted by Gasteiger charge is -2.28. The van der Waals surface area contributed by atoms with Gasteiger partial charge in [-0.05, 0) is 85.9 Å². The first-order valence-electron chi connectivity index (χ1n) is 13.0. The quantitative estimate of drug-likeness (QED) is 0.293. The zero-order valence-electron chi connectivity index (χ0n) is 20.3. The molecular formula is C32H40. The summed E-state index contributed by atoms with van der Waals surface area (Å²) in [5, 5.41) is 0. The fraction of sp³-hybridized carbons (Fsp3) is 0.500. The van der Waals surface area contributed by atoms with E-state index in [1.54, 1.807) is 0 Å². The molecule has 0 heterocycles. The molecule has 0 radical (unpaired) electrons. The summed E-state index contributed by atoms with van der Waals surface area (Å²) in [7, 11) is 0. The third-order valence-electron chi connectivity index (χ3n) is 6.80. The molecule has 0 bridgehead atoms. The van der Waals surface area contributed by atoms with Crippen molar-refractivity contribution in [2.45, 2.75) is 96.8 Å². The molecule has 0 heteroatoms. The second-order valence-corrected chi connectivity index (χ2v) is 9.42. The average Bonchev–Trinajstić information content (AvgIpc) is 2.84. The normalized spacial score (nSPS) is 17.7. The zero-order chi connectivity index (χ0) is 22.4. The van der Waals surface area contributed by atoms with Gasteiger partial charge in [0.1, 0.15) is 0 Å². The van der Waals surface area contributed by atoms with Crippen LogP contribution in [0.4, 0.5) is 0 Å². The molecule has 0 amide bonds. The van der Waals surface area contributed by atoms with E-state index in [4.69, 9.17) is 0 Å². The first kappa shape index (κ1) is 24.2. The third kappa shape index (κ3) is 8.24. The highest BCUT2D eigenvalue weighted by molar-refractivity contribution is 5.46. The second kappa shape index (κ2) is 13.9. The standard InChI is InChI=1S/C32H40/c1-3-5-6-7-8-9-10-12-28-13-15-29(16-14-28)17-18-30-21-25-32(26-22-30)31-23-19-27(11-4-2)20-24-31/h13-16,21-22,25-27,31H,3-9,11,19-20,23-24H2,1-2H3. The van der Waals surface area contributed by atoms with Gasteiger partial charge in [0.15, 0.2) is 0 Å². The number of unbranched alkanes of at least 4 members (excludes halogenated alkanes) is 5. The van der Waals surface area contributed by atoms with E-state index < -0.39 is 0 Å². The number of hydrogen-bond acceptors (Lipinski definition) is 0. The molecule has 0 saturated heterocycles. The Balaban J connectivity index is 1.47. The van der Waals surface area contributed by atoms with Crippen LogP contribution in [0.1, 0.15) is 119 Å². The molecule has 0 N–H and O–H groups in total. The summed E-state index contributed by atoms with van der Waals surface area (Å²) in [4.78, 5) is 0. The maximum absolute atomic E-state index is 3.32. The molecule has 1 aliphatic rings. The van der Waals surface area contributed by atoms with Gasteiger partial charge < -0.3 is 0 Å². The van der Waals surface area contributed by atoms with Crippen molar-refractivity contribution in [2.75, 3.05) is 0 Å². The van der Waals surface area contributed by atoms with Gasteiger partial charge in [-0.2, -0.15) is 0 Å². The van der Waals surface area contributed by atoms with Gasteiger partial charge in [-0.25, -0.2) is 0 Å². The van der Waals surface area contributed by atoms with E-state index in [1.165, 1.54) is 76.2 Å². The predicted molar refractivity (Wildman–Crippen MR) is 139 cm³/mol. The van der Waals surface area contributed by atoms with Gasteiger partial charge in [-0.1, -0.05) is 88.2 Å². The topological polar surface area (TPSA) is 0 Å². The molecule has 32 heavy (non-hydrogen) atoms. The Kier molecular flexibility index (Phi) is 10.5. The molecule has 0 spiro atoms. The van der Waals surface area contributed by atoms with Crippen molar-refractivity contribution in [3.63, 3.8) is 0 Å². The van der Waals surface area contributed by atoms with Crippen molar-refractivity contribution < 1.29 is 0 Å². The average molecular weight is 425 g/mol. The van der Waals surface area contributed by atoms with Crippen molar-refractivity contribution >= 4 is 0 Å². The first-order chi connectivity index (χ1) is 15.8. The maximum atomic E-state index is 3.32. The first-order valence-corrected chi connectivity index (χ1v) is 13.0. The molecule has 1 fully saturated rings. The molecule has 1 saturated carbocycles. The fourth-order valence-electron chi connectivity index (χ4n) is 4.79. The Labute approximate surface area is 197 Å². The van der Waals surface area contributed by atoms with Crippen molar-refractivity contribution in [1.82, 2.24) is 0 Å².